The summed E-state index contributed by atoms with van der Waals surface area (Å²) in [6.07, 6.45) is 0. The number of ether oxygens (including phenoxy) is 1. The Labute approximate surface area is 191 Å². The van der Waals surface area contributed by atoms with Crippen LogP contribution in [0.5, 0.6) is 5.75 Å². The Morgan fingerprint density at radius 1 is 1.00 bits per heavy atom. The minimum atomic E-state index is -0.105. The molecule has 0 bridgehead atoms. The van der Waals surface area contributed by atoms with Crippen molar-refractivity contribution < 1.29 is 9.53 Å². The number of carbonyl (C=O) groups is 1. The molecule has 0 saturated carbocycles. The van der Waals surface area contributed by atoms with Gasteiger partial charge in [-0.05, 0) is 42.8 Å². The summed E-state index contributed by atoms with van der Waals surface area (Å²) < 4.78 is 7.22. The predicted octanol–water partition coefficient (Wildman–Crippen LogP) is 5.04. The standard InChI is InChI=1S/C25H24N4O2S/c1-18-7-6-10-20(15-18)24-27-28-25(29(24)16-19-8-4-3-5-9-19)32-17-23(30)26-21-11-13-22(31-2)14-12-21/h3-15H,16-17H2,1-2H3,(H,26,30). The van der Waals surface area contributed by atoms with Gasteiger partial charge in [0.2, 0.25) is 5.91 Å². The summed E-state index contributed by atoms with van der Waals surface area (Å²) in [5.74, 6) is 1.66. The van der Waals surface area contributed by atoms with Crippen LogP contribution in [0.15, 0.2) is 84.0 Å². The van der Waals surface area contributed by atoms with Crippen molar-refractivity contribution >= 4 is 23.4 Å². The molecule has 0 aliphatic heterocycles. The zero-order valence-corrected chi connectivity index (χ0v) is 18.8. The molecule has 0 fully saturated rings. The largest absolute Gasteiger partial charge is 0.497 e. The summed E-state index contributed by atoms with van der Waals surface area (Å²) >= 11 is 1.37. The second kappa shape index (κ2) is 10.2. The molecular weight excluding hydrogens is 420 g/mol. The van der Waals surface area contributed by atoms with Crippen LogP contribution in [0.3, 0.4) is 0 Å². The number of nitrogens with zero attached hydrogens (tertiary/aromatic N) is 3. The summed E-state index contributed by atoms with van der Waals surface area (Å²) in [4.78, 5) is 12.5. The molecule has 0 aliphatic carbocycles. The summed E-state index contributed by atoms with van der Waals surface area (Å²) in [6, 6.07) is 25.6. The highest BCUT2D eigenvalue weighted by Crippen LogP contribution is 2.26. The van der Waals surface area contributed by atoms with Gasteiger partial charge in [-0.25, -0.2) is 0 Å². The van der Waals surface area contributed by atoms with Crippen LogP contribution in [0, 0.1) is 6.92 Å². The van der Waals surface area contributed by atoms with Gasteiger partial charge in [0.1, 0.15) is 5.75 Å². The lowest BCUT2D eigenvalue weighted by Crippen LogP contribution is -2.14. The van der Waals surface area contributed by atoms with Crippen LogP contribution in [0.2, 0.25) is 0 Å². The van der Waals surface area contributed by atoms with E-state index in [-0.39, 0.29) is 11.7 Å². The number of thioether (sulfide) groups is 1. The molecule has 0 atom stereocenters. The summed E-state index contributed by atoms with van der Waals surface area (Å²) in [5, 5.41) is 12.5. The third-order valence-corrected chi connectivity index (χ3v) is 5.85. The lowest BCUT2D eigenvalue weighted by Gasteiger charge is -2.11. The molecule has 1 aromatic heterocycles. The first-order chi connectivity index (χ1) is 15.6. The SMILES string of the molecule is COc1ccc(NC(=O)CSc2nnc(-c3cccc(C)c3)n2Cc2ccccc2)cc1. The van der Waals surface area contributed by atoms with Crippen LogP contribution in [0.25, 0.3) is 11.4 Å². The summed E-state index contributed by atoms with van der Waals surface area (Å²) in [7, 11) is 1.61. The summed E-state index contributed by atoms with van der Waals surface area (Å²) in [6.45, 7) is 2.68. The quantitative estimate of drug-likeness (QED) is 0.386. The number of aryl methyl sites for hydroxylation is 1. The van der Waals surface area contributed by atoms with E-state index in [0.29, 0.717) is 11.7 Å². The van der Waals surface area contributed by atoms with Crippen LogP contribution in [-0.2, 0) is 11.3 Å². The van der Waals surface area contributed by atoms with Gasteiger partial charge >= 0.3 is 0 Å². The van der Waals surface area contributed by atoms with Crippen molar-refractivity contribution in [1.29, 1.82) is 0 Å². The first kappa shape index (κ1) is 21.6. The van der Waals surface area contributed by atoms with Gasteiger partial charge in [0.05, 0.1) is 19.4 Å². The van der Waals surface area contributed by atoms with Crippen molar-refractivity contribution in [2.45, 2.75) is 18.6 Å². The number of rotatable bonds is 8. The first-order valence-electron chi connectivity index (χ1n) is 10.2. The Hall–Kier alpha value is -3.58. The van der Waals surface area contributed by atoms with Gasteiger partial charge in [-0.1, -0.05) is 65.9 Å². The van der Waals surface area contributed by atoms with Crippen molar-refractivity contribution in [3.8, 4) is 17.1 Å². The number of hydrogen-bond acceptors (Lipinski definition) is 5. The number of hydrogen-bond donors (Lipinski definition) is 1. The topological polar surface area (TPSA) is 69.0 Å². The Morgan fingerprint density at radius 3 is 2.50 bits per heavy atom. The Morgan fingerprint density at radius 2 is 1.78 bits per heavy atom. The smallest absolute Gasteiger partial charge is 0.234 e. The van der Waals surface area contributed by atoms with E-state index in [0.717, 1.165) is 34.0 Å². The molecule has 1 heterocycles. The number of amides is 1. The number of aromatic nitrogens is 3. The van der Waals surface area contributed by atoms with Crippen LogP contribution in [0.1, 0.15) is 11.1 Å². The molecule has 1 N–H and O–H groups in total. The van der Waals surface area contributed by atoms with E-state index in [1.165, 1.54) is 11.8 Å². The molecule has 6 nitrogen and oxygen atoms in total. The Bertz CT molecular complexity index is 1190. The highest BCUT2D eigenvalue weighted by molar-refractivity contribution is 7.99. The second-order valence-corrected chi connectivity index (χ2v) is 8.26. The predicted molar refractivity (Wildman–Crippen MR) is 128 cm³/mol. The maximum Gasteiger partial charge on any atom is 0.234 e. The average Bonchev–Trinajstić information content (AvgIpc) is 3.21. The maximum absolute atomic E-state index is 12.5. The molecule has 4 aromatic rings. The molecule has 0 saturated heterocycles. The van der Waals surface area contributed by atoms with E-state index in [1.807, 2.05) is 54.6 Å². The lowest BCUT2D eigenvalue weighted by molar-refractivity contribution is -0.113. The molecule has 32 heavy (non-hydrogen) atoms. The molecule has 0 unspecified atom stereocenters. The van der Waals surface area contributed by atoms with Crippen LogP contribution < -0.4 is 10.1 Å². The van der Waals surface area contributed by atoms with Gasteiger partial charge in [-0.15, -0.1) is 10.2 Å². The van der Waals surface area contributed by atoms with E-state index < -0.39 is 0 Å². The molecule has 0 aliphatic rings. The highest BCUT2D eigenvalue weighted by atomic mass is 32.2. The molecule has 0 spiro atoms. The molecule has 0 radical (unpaired) electrons. The molecule has 4 rings (SSSR count). The normalized spacial score (nSPS) is 10.7. The molecule has 1 amide bonds. The number of benzene rings is 3. The minimum absolute atomic E-state index is 0.105. The van der Waals surface area contributed by atoms with Crippen molar-refractivity contribution in [2.24, 2.45) is 0 Å². The highest BCUT2D eigenvalue weighted by Gasteiger charge is 2.16. The lowest BCUT2D eigenvalue weighted by atomic mass is 10.1. The zero-order chi connectivity index (χ0) is 22.3. The zero-order valence-electron chi connectivity index (χ0n) is 18.0. The fourth-order valence-electron chi connectivity index (χ4n) is 3.30. The van der Waals surface area contributed by atoms with Crippen molar-refractivity contribution in [2.75, 3.05) is 18.2 Å². The van der Waals surface area contributed by atoms with E-state index in [2.05, 4.69) is 51.3 Å². The van der Waals surface area contributed by atoms with Crippen molar-refractivity contribution in [3.05, 3.63) is 90.0 Å². The van der Waals surface area contributed by atoms with Gasteiger partial charge in [0.25, 0.3) is 0 Å². The molecule has 162 valence electrons. The third-order valence-electron chi connectivity index (χ3n) is 4.88. The Kier molecular flexibility index (Phi) is 6.87. The first-order valence-corrected chi connectivity index (χ1v) is 11.2. The van der Waals surface area contributed by atoms with E-state index in [1.54, 1.807) is 7.11 Å². The molecule has 7 heteroatoms. The second-order valence-electron chi connectivity index (χ2n) is 7.31. The minimum Gasteiger partial charge on any atom is -0.497 e. The van der Waals surface area contributed by atoms with Gasteiger partial charge in [0.15, 0.2) is 11.0 Å². The number of anilines is 1. The molecular formula is C25H24N4O2S. The van der Waals surface area contributed by atoms with Crippen molar-refractivity contribution in [3.63, 3.8) is 0 Å². The maximum atomic E-state index is 12.5. The number of nitrogens with one attached hydrogen (secondary N) is 1. The van der Waals surface area contributed by atoms with E-state index in [9.17, 15) is 4.79 Å². The van der Waals surface area contributed by atoms with Crippen LogP contribution in [0.4, 0.5) is 5.69 Å². The fraction of sp³-hybridized carbons (Fsp3) is 0.160. The monoisotopic (exact) mass is 444 g/mol. The Balaban J connectivity index is 1.52. The van der Waals surface area contributed by atoms with E-state index >= 15 is 0 Å². The van der Waals surface area contributed by atoms with Gasteiger partial charge < -0.3 is 10.1 Å². The van der Waals surface area contributed by atoms with Gasteiger partial charge in [-0.3, -0.25) is 9.36 Å². The van der Waals surface area contributed by atoms with Crippen molar-refractivity contribution in [1.82, 2.24) is 14.8 Å². The number of methoxy groups -OCH3 is 1. The van der Waals surface area contributed by atoms with Crippen LogP contribution >= 0.6 is 11.8 Å². The third kappa shape index (κ3) is 5.36. The van der Waals surface area contributed by atoms with E-state index in [4.69, 9.17) is 4.74 Å². The fourth-order valence-corrected chi connectivity index (χ4v) is 4.04. The summed E-state index contributed by atoms with van der Waals surface area (Å²) in [5.41, 5.74) is 4.03. The average molecular weight is 445 g/mol. The van der Waals surface area contributed by atoms with Crippen LogP contribution in [-0.4, -0.2) is 33.5 Å². The number of carbonyl (C=O) groups excluding carboxylic acids is 1. The molecule has 3 aromatic carbocycles. The van der Waals surface area contributed by atoms with Gasteiger partial charge in [-0.2, -0.15) is 0 Å². The van der Waals surface area contributed by atoms with Gasteiger partial charge in [0, 0.05) is 11.3 Å².